The Balaban J connectivity index is 1.72. The number of carboxylic acids is 1. The highest BCUT2D eigenvalue weighted by molar-refractivity contribution is 6.17. The molecule has 0 fully saturated rings. The van der Waals surface area contributed by atoms with E-state index in [9.17, 15) is 14.7 Å². The maximum atomic E-state index is 13.4. The van der Waals surface area contributed by atoms with Crippen molar-refractivity contribution in [3.8, 4) is 5.69 Å². The second-order valence-corrected chi connectivity index (χ2v) is 8.78. The lowest BCUT2D eigenvalue weighted by Crippen LogP contribution is -2.34. The topological polar surface area (TPSA) is 68.5 Å². The number of carbonyl (C=O) groups is 2. The molecule has 0 amide bonds. The molecule has 0 atom stereocenters. The van der Waals surface area contributed by atoms with Gasteiger partial charge >= 0.3 is 5.97 Å². The summed E-state index contributed by atoms with van der Waals surface area (Å²) in [5.74, 6) is -0.997. The quantitative estimate of drug-likeness (QED) is 0.365. The number of ketones is 1. The maximum Gasteiger partial charge on any atom is 0.335 e. The van der Waals surface area contributed by atoms with Crippen LogP contribution in [0.15, 0.2) is 72.8 Å². The molecular weight excluding hydrogens is 414 g/mol. The first-order valence-electron chi connectivity index (χ1n) is 10.9. The van der Waals surface area contributed by atoms with Crippen LogP contribution in [0.1, 0.15) is 46.6 Å². The van der Waals surface area contributed by atoms with E-state index in [1.165, 1.54) is 13.8 Å². The summed E-state index contributed by atoms with van der Waals surface area (Å²) in [6.45, 7) is 7.23. The number of carboxylic acid groups (broad SMARTS) is 1. The van der Waals surface area contributed by atoms with Gasteiger partial charge in [-0.25, -0.2) is 4.79 Å². The van der Waals surface area contributed by atoms with E-state index in [1.54, 1.807) is 0 Å². The fraction of sp³-hybridized carbons (Fsp3) is 0.214. The molecule has 0 radical (unpaired) electrons. The van der Waals surface area contributed by atoms with Crippen LogP contribution in [-0.2, 0) is 16.1 Å². The van der Waals surface area contributed by atoms with Crippen molar-refractivity contribution in [2.45, 2.75) is 39.9 Å². The normalized spacial score (nSPS) is 11.6. The summed E-state index contributed by atoms with van der Waals surface area (Å²) in [6, 6.07) is 23.3. The summed E-state index contributed by atoms with van der Waals surface area (Å²) in [4.78, 5) is 24.7. The molecule has 0 spiro atoms. The smallest absolute Gasteiger partial charge is 0.335 e. The van der Waals surface area contributed by atoms with Gasteiger partial charge in [0.1, 0.15) is 0 Å². The molecular formula is C28H27NO4. The minimum absolute atomic E-state index is 0.00312. The molecule has 4 rings (SSSR count). The molecule has 1 N–H and O–H groups in total. The van der Waals surface area contributed by atoms with Gasteiger partial charge in [-0.2, -0.15) is 0 Å². The summed E-state index contributed by atoms with van der Waals surface area (Å²) in [5.41, 5.74) is 4.86. The third kappa shape index (κ3) is 4.32. The summed E-state index contributed by atoms with van der Waals surface area (Å²) in [7, 11) is 0. The summed E-state index contributed by atoms with van der Waals surface area (Å²) >= 11 is 0. The maximum absolute atomic E-state index is 13.4. The fourth-order valence-corrected chi connectivity index (χ4v) is 3.90. The molecule has 0 aliphatic heterocycles. The van der Waals surface area contributed by atoms with E-state index in [-0.39, 0.29) is 12.4 Å². The van der Waals surface area contributed by atoms with E-state index >= 15 is 0 Å². The second kappa shape index (κ2) is 8.68. The zero-order chi connectivity index (χ0) is 23.8. The molecule has 4 aromatic rings. The number of ether oxygens (including phenoxy) is 1. The van der Waals surface area contributed by atoms with E-state index in [2.05, 4.69) is 4.57 Å². The molecule has 1 aromatic heterocycles. The van der Waals surface area contributed by atoms with E-state index < -0.39 is 11.6 Å². The third-order valence-electron chi connectivity index (χ3n) is 5.96. The van der Waals surface area contributed by atoms with Crippen LogP contribution in [0.4, 0.5) is 0 Å². The van der Waals surface area contributed by atoms with Gasteiger partial charge in [0.2, 0.25) is 0 Å². The SMILES string of the molecule is Cc1ccc(C(=O)c2c(C)n(-c3ccc(COC(C)(C)C(=O)O)cc3)c3ccccc23)cc1. The van der Waals surface area contributed by atoms with E-state index in [1.807, 2.05) is 86.6 Å². The number of aliphatic carboxylic acids is 1. The summed E-state index contributed by atoms with van der Waals surface area (Å²) in [6.07, 6.45) is 0. The monoisotopic (exact) mass is 441 g/mol. The molecule has 0 aliphatic rings. The Morgan fingerprint density at radius 1 is 0.909 bits per heavy atom. The van der Waals surface area contributed by atoms with Crippen molar-refractivity contribution in [1.82, 2.24) is 4.57 Å². The first kappa shape index (κ1) is 22.5. The van der Waals surface area contributed by atoms with Gasteiger partial charge < -0.3 is 14.4 Å². The Morgan fingerprint density at radius 3 is 2.18 bits per heavy atom. The molecule has 5 nitrogen and oxygen atoms in total. The molecule has 0 saturated heterocycles. The highest BCUT2D eigenvalue weighted by Gasteiger charge is 2.28. The minimum Gasteiger partial charge on any atom is -0.479 e. The predicted octanol–water partition coefficient (Wildman–Crippen LogP) is 5.86. The van der Waals surface area contributed by atoms with Gasteiger partial charge in [0.05, 0.1) is 17.7 Å². The fourth-order valence-electron chi connectivity index (χ4n) is 3.90. The Bertz CT molecular complexity index is 1330. The highest BCUT2D eigenvalue weighted by atomic mass is 16.5. The van der Waals surface area contributed by atoms with Crippen LogP contribution in [-0.4, -0.2) is 27.0 Å². The van der Waals surface area contributed by atoms with E-state index in [0.717, 1.165) is 33.4 Å². The molecule has 3 aromatic carbocycles. The van der Waals surface area contributed by atoms with Crippen molar-refractivity contribution in [2.24, 2.45) is 0 Å². The largest absolute Gasteiger partial charge is 0.479 e. The first-order valence-corrected chi connectivity index (χ1v) is 10.9. The van der Waals surface area contributed by atoms with Gasteiger partial charge in [-0.05, 0) is 51.5 Å². The van der Waals surface area contributed by atoms with Crippen molar-refractivity contribution in [2.75, 3.05) is 0 Å². The Hall–Kier alpha value is -3.70. The zero-order valence-corrected chi connectivity index (χ0v) is 19.3. The summed E-state index contributed by atoms with van der Waals surface area (Å²) in [5, 5.41) is 10.1. The van der Waals surface area contributed by atoms with Crippen molar-refractivity contribution < 1.29 is 19.4 Å². The van der Waals surface area contributed by atoms with Crippen LogP contribution >= 0.6 is 0 Å². The lowest BCUT2D eigenvalue weighted by atomic mass is 10.00. The zero-order valence-electron chi connectivity index (χ0n) is 19.3. The van der Waals surface area contributed by atoms with Gasteiger partial charge in [0.15, 0.2) is 11.4 Å². The van der Waals surface area contributed by atoms with Crippen LogP contribution in [0.25, 0.3) is 16.6 Å². The number of aromatic nitrogens is 1. The van der Waals surface area contributed by atoms with Gasteiger partial charge in [-0.15, -0.1) is 0 Å². The van der Waals surface area contributed by atoms with Gasteiger partial charge in [0, 0.05) is 22.3 Å². The first-order chi connectivity index (χ1) is 15.7. The molecule has 33 heavy (non-hydrogen) atoms. The Kier molecular flexibility index (Phi) is 5.91. The molecule has 0 bridgehead atoms. The van der Waals surface area contributed by atoms with Gasteiger partial charge in [-0.3, -0.25) is 4.79 Å². The molecule has 0 aliphatic carbocycles. The lowest BCUT2D eigenvalue weighted by Gasteiger charge is -2.20. The van der Waals surface area contributed by atoms with E-state index in [0.29, 0.717) is 11.1 Å². The molecule has 168 valence electrons. The Labute approximate surface area is 193 Å². The number of fused-ring (bicyclic) bond motifs is 1. The van der Waals surface area contributed by atoms with Crippen LogP contribution in [0.5, 0.6) is 0 Å². The number of benzene rings is 3. The van der Waals surface area contributed by atoms with Gasteiger partial charge in [-0.1, -0.05) is 60.2 Å². The molecule has 0 saturated carbocycles. The van der Waals surface area contributed by atoms with Gasteiger partial charge in [0.25, 0.3) is 0 Å². The number of rotatable bonds is 7. The van der Waals surface area contributed by atoms with Crippen molar-refractivity contribution in [3.63, 3.8) is 0 Å². The predicted molar refractivity (Wildman–Crippen MR) is 129 cm³/mol. The van der Waals surface area contributed by atoms with Crippen LogP contribution in [0, 0.1) is 13.8 Å². The standard InChI is InChI=1S/C28H27NO4/c1-18-9-13-21(14-10-18)26(30)25-19(2)29(24-8-6-5-7-23(24)25)22-15-11-20(12-16-22)17-33-28(3,4)27(31)32/h5-16H,17H2,1-4H3,(H,31,32). The minimum atomic E-state index is -1.25. The van der Waals surface area contributed by atoms with Crippen LogP contribution < -0.4 is 0 Å². The third-order valence-corrected chi connectivity index (χ3v) is 5.96. The number of carbonyl (C=O) groups excluding carboxylic acids is 1. The molecule has 1 heterocycles. The van der Waals surface area contributed by atoms with Crippen molar-refractivity contribution in [1.29, 1.82) is 0 Å². The number of para-hydroxylation sites is 1. The molecule has 5 heteroatoms. The number of aryl methyl sites for hydroxylation is 1. The average Bonchev–Trinajstić information content (AvgIpc) is 3.09. The summed E-state index contributed by atoms with van der Waals surface area (Å²) < 4.78 is 7.64. The van der Waals surface area contributed by atoms with Crippen molar-refractivity contribution >= 4 is 22.7 Å². The van der Waals surface area contributed by atoms with Crippen molar-refractivity contribution in [3.05, 3.63) is 101 Å². The highest BCUT2D eigenvalue weighted by Crippen LogP contribution is 2.31. The van der Waals surface area contributed by atoms with Crippen LogP contribution in [0.3, 0.4) is 0 Å². The van der Waals surface area contributed by atoms with E-state index in [4.69, 9.17) is 4.74 Å². The number of hydrogen-bond donors (Lipinski definition) is 1. The average molecular weight is 442 g/mol. The number of nitrogens with zero attached hydrogens (tertiary/aromatic N) is 1. The second-order valence-electron chi connectivity index (χ2n) is 8.78. The molecule has 0 unspecified atom stereocenters. The Morgan fingerprint density at radius 2 is 1.55 bits per heavy atom. The number of hydrogen-bond acceptors (Lipinski definition) is 3. The van der Waals surface area contributed by atoms with Crippen LogP contribution in [0.2, 0.25) is 0 Å². The lowest BCUT2D eigenvalue weighted by molar-refractivity contribution is -0.162.